The Kier molecular flexibility index (Phi) is 7.09. The second-order valence-electron chi connectivity index (χ2n) is 2.48. The predicted octanol–water partition coefficient (Wildman–Crippen LogP) is -1.63. The van der Waals surface area contributed by atoms with Crippen molar-refractivity contribution in [3.8, 4) is 0 Å². The van der Waals surface area contributed by atoms with E-state index >= 15 is 0 Å². The SMILES string of the molecule is O=C(O)CC(O)(CC(=O)O)C(=O)O.[Ca+2]. The summed E-state index contributed by atoms with van der Waals surface area (Å²) in [5.74, 6) is -5.02. The van der Waals surface area contributed by atoms with Crippen molar-refractivity contribution in [2.45, 2.75) is 18.4 Å². The van der Waals surface area contributed by atoms with Crippen molar-refractivity contribution in [1.29, 1.82) is 0 Å². The van der Waals surface area contributed by atoms with Crippen LogP contribution in [0.4, 0.5) is 0 Å². The number of aliphatic hydroxyl groups is 1. The summed E-state index contributed by atoms with van der Waals surface area (Å²) in [6.07, 6.45) is -2.29. The first-order valence-corrected chi connectivity index (χ1v) is 3.17. The van der Waals surface area contributed by atoms with Crippen LogP contribution in [0, 0.1) is 0 Å². The molecule has 0 unspecified atom stereocenters. The summed E-state index contributed by atoms with van der Waals surface area (Å²) in [5, 5.41) is 33.8. The first-order chi connectivity index (χ1) is 5.78. The average molecular weight is 232 g/mol. The van der Waals surface area contributed by atoms with E-state index in [-0.39, 0.29) is 37.7 Å². The minimum atomic E-state index is -2.74. The summed E-state index contributed by atoms with van der Waals surface area (Å²) in [6, 6.07) is 0. The van der Waals surface area contributed by atoms with Gasteiger partial charge in [-0.15, -0.1) is 0 Å². The van der Waals surface area contributed by atoms with Crippen LogP contribution in [0.3, 0.4) is 0 Å². The van der Waals surface area contributed by atoms with Gasteiger partial charge in [0.15, 0.2) is 5.60 Å². The molecule has 0 aliphatic carbocycles. The maximum absolute atomic E-state index is 10.3. The quantitative estimate of drug-likeness (QED) is 0.418. The molecule has 0 saturated heterocycles. The molecule has 0 aliphatic heterocycles. The fourth-order valence-corrected chi connectivity index (χ4v) is 0.714. The third-order valence-corrected chi connectivity index (χ3v) is 1.29. The summed E-state index contributed by atoms with van der Waals surface area (Å²) in [6.45, 7) is 0. The molecule has 0 rings (SSSR count). The molecule has 0 heterocycles. The third-order valence-electron chi connectivity index (χ3n) is 1.29. The predicted molar refractivity (Wildman–Crippen MR) is 42.8 cm³/mol. The smallest absolute Gasteiger partial charge is 0.481 e. The molecule has 0 saturated carbocycles. The van der Waals surface area contributed by atoms with Crippen molar-refractivity contribution >= 4 is 55.6 Å². The van der Waals surface area contributed by atoms with Gasteiger partial charge in [0.25, 0.3) is 0 Å². The second kappa shape index (κ2) is 6.18. The van der Waals surface area contributed by atoms with E-state index in [9.17, 15) is 14.4 Å². The van der Waals surface area contributed by atoms with Crippen LogP contribution < -0.4 is 0 Å². The van der Waals surface area contributed by atoms with Gasteiger partial charge in [0, 0.05) is 0 Å². The Morgan fingerprint density at radius 1 is 0.929 bits per heavy atom. The van der Waals surface area contributed by atoms with Crippen LogP contribution in [0.5, 0.6) is 0 Å². The van der Waals surface area contributed by atoms with Crippen LogP contribution in [0.25, 0.3) is 0 Å². The molecule has 0 amide bonds. The molecule has 8 heteroatoms. The largest absolute Gasteiger partial charge is 2.00 e. The number of hydrogen-bond acceptors (Lipinski definition) is 4. The van der Waals surface area contributed by atoms with Crippen LogP contribution in [0.15, 0.2) is 0 Å². The van der Waals surface area contributed by atoms with Gasteiger partial charge in [-0.25, -0.2) is 4.79 Å². The van der Waals surface area contributed by atoms with E-state index in [0.29, 0.717) is 0 Å². The van der Waals surface area contributed by atoms with E-state index in [2.05, 4.69) is 0 Å². The van der Waals surface area contributed by atoms with E-state index < -0.39 is 36.4 Å². The minimum Gasteiger partial charge on any atom is -0.481 e. The summed E-state index contributed by atoms with van der Waals surface area (Å²) in [7, 11) is 0. The fraction of sp³-hybridized carbons (Fsp3) is 0.500. The minimum absolute atomic E-state index is 0. The Balaban J connectivity index is 0. The molecule has 4 N–H and O–H groups in total. The molecule has 74 valence electrons. The zero-order valence-electron chi connectivity index (χ0n) is 7.13. The van der Waals surface area contributed by atoms with E-state index in [4.69, 9.17) is 20.4 Å². The number of hydrogen-bond donors (Lipinski definition) is 4. The van der Waals surface area contributed by atoms with Gasteiger partial charge >= 0.3 is 55.6 Å². The first-order valence-electron chi connectivity index (χ1n) is 3.17. The molecule has 14 heavy (non-hydrogen) atoms. The number of carboxylic acids is 3. The van der Waals surface area contributed by atoms with Crippen molar-refractivity contribution in [1.82, 2.24) is 0 Å². The fourth-order valence-electron chi connectivity index (χ4n) is 0.714. The van der Waals surface area contributed by atoms with Crippen LogP contribution in [0.1, 0.15) is 12.8 Å². The van der Waals surface area contributed by atoms with Crippen LogP contribution >= 0.6 is 0 Å². The number of carbonyl (C=O) groups is 3. The Bertz CT molecular complexity index is 233. The van der Waals surface area contributed by atoms with E-state index in [0.717, 1.165) is 0 Å². The molecule has 0 aromatic carbocycles. The van der Waals surface area contributed by atoms with Gasteiger partial charge in [-0.05, 0) is 0 Å². The zero-order valence-corrected chi connectivity index (χ0v) is 9.34. The van der Waals surface area contributed by atoms with Crippen LogP contribution in [0.2, 0.25) is 0 Å². The summed E-state index contributed by atoms with van der Waals surface area (Å²) < 4.78 is 0. The van der Waals surface area contributed by atoms with Gasteiger partial charge in [0.1, 0.15) is 0 Å². The second-order valence-corrected chi connectivity index (χ2v) is 2.48. The molecule has 0 radical (unpaired) electrons. The molecule has 0 aromatic heterocycles. The Hall–Kier alpha value is -0.370. The van der Waals surface area contributed by atoms with Crippen molar-refractivity contribution in [3.05, 3.63) is 0 Å². The van der Waals surface area contributed by atoms with Gasteiger partial charge in [-0.2, -0.15) is 0 Å². The molecule has 0 aromatic rings. The monoisotopic (exact) mass is 232 g/mol. The third kappa shape index (κ3) is 5.38. The van der Waals surface area contributed by atoms with Gasteiger partial charge < -0.3 is 20.4 Å². The van der Waals surface area contributed by atoms with Gasteiger partial charge in [0.2, 0.25) is 0 Å². The van der Waals surface area contributed by atoms with Gasteiger partial charge in [0.05, 0.1) is 12.8 Å². The van der Waals surface area contributed by atoms with E-state index in [1.807, 2.05) is 0 Å². The Labute approximate surface area is 108 Å². The Morgan fingerprint density at radius 3 is 1.36 bits per heavy atom. The van der Waals surface area contributed by atoms with Gasteiger partial charge in [-0.3, -0.25) is 9.59 Å². The molecule has 7 nitrogen and oxygen atoms in total. The topological polar surface area (TPSA) is 132 Å². The maximum atomic E-state index is 10.3. The van der Waals surface area contributed by atoms with Gasteiger partial charge in [-0.1, -0.05) is 0 Å². The zero-order chi connectivity index (χ0) is 10.6. The molecular weight excluding hydrogens is 224 g/mol. The van der Waals surface area contributed by atoms with Crippen molar-refractivity contribution in [2.24, 2.45) is 0 Å². The number of carboxylic acid groups (broad SMARTS) is 3. The van der Waals surface area contributed by atoms with Crippen molar-refractivity contribution < 1.29 is 34.8 Å². The normalized spacial score (nSPS) is 10.1. The van der Waals surface area contributed by atoms with Crippen molar-refractivity contribution in [3.63, 3.8) is 0 Å². The summed E-state index contributed by atoms with van der Waals surface area (Å²) in [5.41, 5.74) is -2.74. The molecule has 0 fully saturated rings. The first kappa shape index (κ1) is 16.1. The van der Waals surface area contributed by atoms with E-state index in [1.54, 1.807) is 0 Å². The van der Waals surface area contributed by atoms with E-state index in [1.165, 1.54) is 0 Å². The van der Waals surface area contributed by atoms with Crippen LogP contribution in [-0.2, 0) is 14.4 Å². The molecule has 0 aliphatic rings. The van der Waals surface area contributed by atoms with Crippen LogP contribution in [-0.4, -0.2) is 81.7 Å². The molecule has 0 spiro atoms. The standard InChI is InChI=1S/C6H8O7.Ca/c7-3(8)1-6(13,5(11)12)2-4(9)10;/h13H,1-2H2,(H,7,8)(H,9,10)(H,11,12);/q;+2. The average Bonchev–Trinajstić information content (AvgIpc) is 1.82. The summed E-state index contributed by atoms with van der Waals surface area (Å²) >= 11 is 0. The number of rotatable bonds is 5. The molecule has 0 atom stereocenters. The molecule has 0 bridgehead atoms. The Morgan fingerprint density at radius 2 is 1.21 bits per heavy atom. The van der Waals surface area contributed by atoms with Crippen molar-refractivity contribution in [2.75, 3.05) is 0 Å². The molecular formula is C6H8CaO7+2. The number of aliphatic carboxylic acids is 3. The summed E-state index contributed by atoms with van der Waals surface area (Å²) in [4.78, 5) is 30.5. The maximum Gasteiger partial charge on any atom is 2.00 e.